The number of hydrogen-bond donors (Lipinski definition) is 1. The molecule has 1 aliphatic carbocycles. The standard InChI is InChI=1S/C18H14ClF5N4O/c19-14-13(18(22,23)24)5-25-17(27-14)26-10-1-2-11-8-3-9(12(11)4-10)7-28(6-8)16(29)15(20)21/h1-2,4-5,8-9,15H,3,6-7H2,(H,25,26,27). The van der Waals surface area contributed by atoms with Crippen LogP contribution in [0.5, 0.6) is 0 Å². The van der Waals surface area contributed by atoms with Crippen LogP contribution in [-0.4, -0.2) is 40.3 Å². The third-order valence-electron chi connectivity index (χ3n) is 5.22. The zero-order chi connectivity index (χ0) is 20.9. The molecule has 11 heteroatoms. The molecule has 5 nitrogen and oxygen atoms in total. The minimum Gasteiger partial charge on any atom is -0.337 e. The summed E-state index contributed by atoms with van der Waals surface area (Å²) >= 11 is 5.61. The number of anilines is 2. The molecule has 29 heavy (non-hydrogen) atoms. The summed E-state index contributed by atoms with van der Waals surface area (Å²) < 4.78 is 63.8. The van der Waals surface area contributed by atoms with Crippen molar-refractivity contribution in [3.63, 3.8) is 0 Å². The van der Waals surface area contributed by atoms with Crippen LogP contribution in [0.3, 0.4) is 0 Å². The molecule has 2 aliphatic rings. The number of aromatic nitrogens is 2. The van der Waals surface area contributed by atoms with Crippen molar-refractivity contribution in [1.82, 2.24) is 14.9 Å². The van der Waals surface area contributed by atoms with Gasteiger partial charge in [-0.2, -0.15) is 22.0 Å². The molecular formula is C18H14ClF5N4O. The van der Waals surface area contributed by atoms with E-state index in [0.29, 0.717) is 11.9 Å². The largest absolute Gasteiger partial charge is 0.420 e. The van der Waals surface area contributed by atoms with Crippen molar-refractivity contribution in [2.75, 3.05) is 18.4 Å². The summed E-state index contributed by atoms with van der Waals surface area (Å²) in [5.41, 5.74) is 1.30. The molecule has 154 valence electrons. The predicted molar refractivity (Wildman–Crippen MR) is 94.5 cm³/mol. The fourth-order valence-corrected chi connectivity index (χ4v) is 4.22. The van der Waals surface area contributed by atoms with Gasteiger partial charge in [0.05, 0.1) is 0 Å². The Kier molecular flexibility index (Phi) is 4.84. The number of carbonyl (C=O) groups excluding carboxylic acids is 1. The molecule has 2 bridgehead atoms. The van der Waals surface area contributed by atoms with E-state index in [-0.39, 0.29) is 30.9 Å². The van der Waals surface area contributed by atoms with Gasteiger partial charge in [-0.15, -0.1) is 0 Å². The number of halogens is 6. The molecule has 2 heterocycles. The highest BCUT2D eigenvalue weighted by molar-refractivity contribution is 6.30. The quantitative estimate of drug-likeness (QED) is 0.570. The van der Waals surface area contributed by atoms with Crippen molar-refractivity contribution in [3.8, 4) is 0 Å². The SMILES string of the molecule is O=C(C(F)F)N1CC2CC(C1)c1cc(Nc3ncc(C(F)(F)F)c(Cl)n3)ccc12. The van der Waals surface area contributed by atoms with Gasteiger partial charge in [0.25, 0.3) is 5.91 Å². The molecule has 2 unspecified atom stereocenters. The summed E-state index contributed by atoms with van der Waals surface area (Å²) in [6, 6.07) is 5.31. The van der Waals surface area contributed by atoms with E-state index in [1.165, 1.54) is 4.90 Å². The van der Waals surface area contributed by atoms with Crippen molar-refractivity contribution in [2.45, 2.75) is 30.9 Å². The molecule has 4 rings (SSSR count). The molecule has 1 fully saturated rings. The second kappa shape index (κ2) is 7.08. The van der Waals surface area contributed by atoms with E-state index in [9.17, 15) is 26.7 Å². The maximum absolute atomic E-state index is 12.8. The number of rotatable bonds is 3. The first-order valence-corrected chi connectivity index (χ1v) is 9.09. The fraction of sp³-hybridized carbons (Fsp3) is 0.389. The van der Waals surface area contributed by atoms with Crippen LogP contribution in [0.4, 0.5) is 33.6 Å². The minimum absolute atomic E-state index is 0.0164. The zero-order valence-electron chi connectivity index (χ0n) is 14.7. The lowest BCUT2D eigenvalue weighted by Crippen LogP contribution is -2.42. The molecule has 2 aromatic rings. The van der Waals surface area contributed by atoms with Crippen LogP contribution in [0, 0.1) is 0 Å². The molecular weight excluding hydrogens is 419 g/mol. The monoisotopic (exact) mass is 432 g/mol. The van der Waals surface area contributed by atoms with E-state index in [1.807, 2.05) is 6.07 Å². The van der Waals surface area contributed by atoms with Gasteiger partial charge >= 0.3 is 12.6 Å². The molecule has 0 radical (unpaired) electrons. The van der Waals surface area contributed by atoms with E-state index in [1.54, 1.807) is 12.1 Å². The van der Waals surface area contributed by atoms with Gasteiger partial charge in [-0.1, -0.05) is 17.7 Å². The lowest BCUT2D eigenvalue weighted by molar-refractivity contribution is -0.144. The molecule has 1 amide bonds. The smallest absolute Gasteiger partial charge is 0.337 e. The van der Waals surface area contributed by atoms with Crippen molar-refractivity contribution < 1.29 is 26.7 Å². The second-order valence-electron chi connectivity index (χ2n) is 7.04. The van der Waals surface area contributed by atoms with Gasteiger partial charge in [-0.3, -0.25) is 4.79 Å². The Labute approximate surface area is 166 Å². The summed E-state index contributed by atoms with van der Waals surface area (Å²) in [6.07, 6.45) is -6.32. The molecule has 1 aromatic heterocycles. The number of likely N-dealkylation sites (tertiary alicyclic amines) is 1. The number of benzene rings is 1. The average Bonchev–Trinajstić information content (AvgIpc) is 2.89. The van der Waals surface area contributed by atoms with E-state index >= 15 is 0 Å². The van der Waals surface area contributed by atoms with E-state index in [2.05, 4.69) is 15.3 Å². The number of nitrogens with zero attached hydrogens (tertiary/aromatic N) is 3. The first-order chi connectivity index (χ1) is 13.6. The van der Waals surface area contributed by atoms with Gasteiger partial charge in [-0.25, -0.2) is 9.97 Å². The number of nitrogens with one attached hydrogen (secondary N) is 1. The Balaban J connectivity index is 1.55. The van der Waals surface area contributed by atoms with E-state index < -0.39 is 29.2 Å². The number of amides is 1. The van der Waals surface area contributed by atoms with E-state index in [4.69, 9.17) is 11.6 Å². The van der Waals surface area contributed by atoms with Gasteiger partial charge < -0.3 is 10.2 Å². The Morgan fingerprint density at radius 2 is 1.90 bits per heavy atom. The third-order valence-corrected chi connectivity index (χ3v) is 5.51. The first-order valence-electron chi connectivity index (χ1n) is 8.71. The highest BCUT2D eigenvalue weighted by Gasteiger charge is 2.41. The fourth-order valence-electron chi connectivity index (χ4n) is 3.99. The summed E-state index contributed by atoms with van der Waals surface area (Å²) in [7, 11) is 0. The van der Waals surface area contributed by atoms with Crippen LogP contribution < -0.4 is 5.32 Å². The maximum atomic E-state index is 12.8. The van der Waals surface area contributed by atoms with Crippen LogP contribution >= 0.6 is 11.6 Å². The Hall–Kier alpha value is -2.49. The number of fused-ring (bicyclic) bond motifs is 5. The molecule has 2 atom stereocenters. The first kappa shape index (κ1) is 19.8. The van der Waals surface area contributed by atoms with Gasteiger partial charge in [0.1, 0.15) is 10.7 Å². The average molecular weight is 433 g/mol. The van der Waals surface area contributed by atoms with E-state index in [0.717, 1.165) is 17.5 Å². The summed E-state index contributed by atoms with van der Waals surface area (Å²) in [5.74, 6) is -1.36. The molecule has 1 saturated heterocycles. The molecule has 1 aliphatic heterocycles. The Bertz CT molecular complexity index is 968. The number of hydrogen-bond acceptors (Lipinski definition) is 4. The van der Waals surface area contributed by atoms with Crippen LogP contribution in [0.15, 0.2) is 24.4 Å². The molecule has 0 saturated carbocycles. The van der Waals surface area contributed by atoms with Crippen molar-refractivity contribution in [3.05, 3.63) is 46.2 Å². The van der Waals surface area contributed by atoms with Crippen LogP contribution in [0.2, 0.25) is 5.15 Å². The number of carbonyl (C=O) groups is 1. The zero-order valence-corrected chi connectivity index (χ0v) is 15.4. The van der Waals surface area contributed by atoms with Gasteiger partial charge in [0.15, 0.2) is 0 Å². The van der Waals surface area contributed by atoms with Crippen molar-refractivity contribution in [1.29, 1.82) is 0 Å². The normalized spacial score (nSPS) is 20.7. The lowest BCUT2D eigenvalue weighted by atomic mass is 9.96. The minimum atomic E-state index is -4.65. The third kappa shape index (κ3) is 3.73. The summed E-state index contributed by atoms with van der Waals surface area (Å²) in [5, 5.41) is 2.10. The molecule has 0 spiro atoms. The number of piperidine rings is 1. The van der Waals surface area contributed by atoms with Crippen molar-refractivity contribution in [2.24, 2.45) is 0 Å². The highest BCUT2D eigenvalue weighted by atomic mass is 35.5. The number of alkyl halides is 5. The Morgan fingerprint density at radius 3 is 2.52 bits per heavy atom. The van der Waals surface area contributed by atoms with Crippen LogP contribution in [0.25, 0.3) is 0 Å². The van der Waals surface area contributed by atoms with Crippen LogP contribution in [0.1, 0.15) is 34.9 Å². The predicted octanol–water partition coefficient (Wildman–Crippen LogP) is 4.57. The summed E-state index contributed by atoms with van der Waals surface area (Å²) in [4.78, 5) is 20.1. The van der Waals surface area contributed by atoms with Gasteiger partial charge in [0, 0.05) is 36.8 Å². The van der Waals surface area contributed by atoms with Crippen molar-refractivity contribution >= 4 is 29.1 Å². The van der Waals surface area contributed by atoms with Gasteiger partial charge in [0.2, 0.25) is 5.95 Å². The second-order valence-corrected chi connectivity index (χ2v) is 7.40. The summed E-state index contributed by atoms with van der Waals surface area (Å²) in [6.45, 7) is 0.454. The maximum Gasteiger partial charge on any atom is 0.420 e. The Morgan fingerprint density at radius 1 is 1.21 bits per heavy atom. The topological polar surface area (TPSA) is 58.1 Å². The lowest BCUT2D eigenvalue weighted by Gasteiger charge is -2.31. The molecule has 1 N–H and O–H groups in total. The highest BCUT2D eigenvalue weighted by Crippen LogP contribution is 2.47. The van der Waals surface area contributed by atoms with Crippen LogP contribution in [-0.2, 0) is 11.0 Å². The molecule has 1 aromatic carbocycles. The van der Waals surface area contributed by atoms with Gasteiger partial charge in [-0.05, 0) is 29.7 Å².